The maximum Gasteiger partial charge on any atom is 0.291 e. The molecule has 212 valence electrons. The van der Waals surface area contributed by atoms with Gasteiger partial charge in [-0.1, -0.05) is 23.7 Å². The molecule has 2 aliphatic heterocycles. The fourth-order valence-corrected chi connectivity index (χ4v) is 6.02. The predicted molar refractivity (Wildman–Crippen MR) is 158 cm³/mol. The summed E-state index contributed by atoms with van der Waals surface area (Å²) in [5.74, 6) is -0.0560. The molecule has 3 amide bonds. The largest absolute Gasteiger partial charge is 0.361 e. The van der Waals surface area contributed by atoms with Gasteiger partial charge in [-0.05, 0) is 56.3 Å². The first-order valence-corrected chi connectivity index (χ1v) is 14.3. The number of rotatable bonds is 5. The Kier molecular flexibility index (Phi) is 7.51. The van der Waals surface area contributed by atoms with Crippen molar-refractivity contribution >= 4 is 45.9 Å². The van der Waals surface area contributed by atoms with Crippen LogP contribution in [0.3, 0.4) is 0 Å². The topological polar surface area (TPSA) is 115 Å². The third-order valence-corrected chi connectivity index (χ3v) is 8.40. The predicted octanol–water partition coefficient (Wildman–Crippen LogP) is 3.76. The molecule has 2 fully saturated rings. The molecule has 0 saturated carbocycles. The van der Waals surface area contributed by atoms with E-state index in [4.69, 9.17) is 11.6 Å². The Morgan fingerprint density at radius 2 is 1.76 bits per heavy atom. The van der Waals surface area contributed by atoms with Crippen LogP contribution in [0.2, 0.25) is 5.02 Å². The molecule has 4 heterocycles. The lowest BCUT2D eigenvalue weighted by molar-refractivity contribution is -0.137. The zero-order valence-electron chi connectivity index (χ0n) is 22.8. The second-order valence-corrected chi connectivity index (χ2v) is 11.0. The van der Waals surface area contributed by atoms with E-state index in [-0.39, 0.29) is 34.5 Å². The number of aromatic nitrogens is 3. The molecule has 0 unspecified atom stereocenters. The van der Waals surface area contributed by atoms with Crippen molar-refractivity contribution in [2.45, 2.75) is 12.8 Å². The van der Waals surface area contributed by atoms with Crippen LogP contribution in [0.25, 0.3) is 22.2 Å². The SMILES string of the molecule is Cn1c(-c2cccc3[nH]ccc23)cnc1C(=O)Nc1ccc(C(=O)N2CCN(C(=O)C3CCNCC3)CC2)c(Cl)c1. The Bertz CT molecular complexity index is 1610. The van der Waals surface area contributed by atoms with Crippen LogP contribution in [0.5, 0.6) is 0 Å². The number of imidazole rings is 1. The van der Waals surface area contributed by atoms with Gasteiger partial charge in [0.15, 0.2) is 5.82 Å². The van der Waals surface area contributed by atoms with Crippen LogP contribution < -0.4 is 10.6 Å². The number of anilines is 1. The smallest absolute Gasteiger partial charge is 0.291 e. The van der Waals surface area contributed by atoms with E-state index in [0.717, 1.165) is 48.1 Å². The van der Waals surface area contributed by atoms with Gasteiger partial charge in [-0.25, -0.2) is 4.98 Å². The average molecular weight is 574 g/mol. The van der Waals surface area contributed by atoms with Gasteiger partial charge in [0.1, 0.15) is 0 Å². The van der Waals surface area contributed by atoms with E-state index in [9.17, 15) is 14.4 Å². The van der Waals surface area contributed by atoms with Crippen molar-refractivity contribution < 1.29 is 14.4 Å². The number of H-pyrrole nitrogens is 1. The quantitative estimate of drug-likeness (QED) is 0.336. The summed E-state index contributed by atoms with van der Waals surface area (Å²) >= 11 is 6.52. The van der Waals surface area contributed by atoms with Crippen LogP contribution in [0.15, 0.2) is 54.9 Å². The standard InChI is InChI=1S/C30H32ClN7O3/c1-36-26(22-3-2-4-25-21(22)9-12-33-25)18-34-27(36)28(39)35-20-5-6-23(24(31)17-20)30(41)38-15-13-37(14-16-38)29(40)19-7-10-32-11-8-19/h2-6,9,12,17-19,32-33H,7-8,10-11,13-16H2,1H3,(H,35,39). The third-order valence-electron chi connectivity index (χ3n) is 8.09. The number of amides is 3. The lowest BCUT2D eigenvalue weighted by atomic mass is 9.96. The van der Waals surface area contributed by atoms with E-state index >= 15 is 0 Å². The lowest BCUT2D eigenvalue weighted by Gasteiger charge is -2.37. The molecule has 2 aliphatic rings. The van der Waals surface area contributed by atoms with Crippen molar-refractivity contribution in [2.24, 2.45) is 13.0 Å². The highest BCUT2D eigenvalue weighted by molar-refractivity contribution is 6.34. The average Bonchev–Trinajstić information content (AvgIpc) is 3.64. The van der Waals surface area contributed by atoms with Gasteiger partial charge < -0.3 is 30.0 Å². The number of benzene rings is 2. The van der Waals surface area contributed by atoms with Crippen LogP contribution >= 0.6 is 11.6 Å². The number of carbonyl (C=O) groups excluding carboxylic acids is 3. The summed E-state index contributed by atoms with van der Waals surface area (Å²) in [6.07, 6.45) is 5.29. The summed E-state index contributed by atoms with van der Waals surface area (Å²) in [5, 5.41) is 7.43. The maximum atomic E-state index is 13.2. The molecule has 0 aliphatic carbocycles. The van der Waals surface area contributed by atoms with Gasteiger partial charge in [-0.3, -0.25) is 14.4 Å². The molecular formula is C30H32ClN7O3. The fourth-order valence-electron chi connectivity index (χ4n) is 5.76. The molecule has 0 spiro atoms. The number of carbonyl (C=O) groups is 3. The minimum Gasteiger partial charge on any atom is -0.361 e. The highest BCUT2D eigenvalue weighted by atomic mass is 35.5. The van der Waals surface area contributed by atoms with Gasteiger partial charge in [0, 0.05) is 67.5 Å². The maximum absolute atomic E-state index is 13.2. The number of fused-ring (bicyclic) bond motifs is 1. The zero-order valence-corrected chi connectivity index (χ0v) is 23.6. The first kappa shape index (κ1) is 27.0. The molecular weight excluding hydrogens is 542 g/mol. The molecule has 6 rings (SSSR count). The minimum atomic E-state index is -0.385. The molecule has 11 heteroatoms. The molecule has 2 aromatic carbocycles. The molecule has 0 bridgehead atoms. The van der Waals surface area contributed by atoms with E-state index in [2.05, 4.69) is 20.6 Å². The summed E-state index contributed by atoms with van der Waals surface area (Å²) in [6, 6.07) is 12.8. The highest BCUT2D eigenvalue weighted by Crippen LogP contribution is 2.29. The molecule has 10 nitrogen and oxygen atoms in total. The summed E-state index contributed by atoms with van der Waals surface area (Å²) in [6.45, 7) is 3.70. The molecule has 0 radical (unpaired) electrons. The van der Waals surface area contributed by atoms with Gasteiger partial charge in [-0.15, -0.1) is 0 Å². The van der Waals surface area contributed by atoms with Crippen LogP contribution in [-0.2, 0) is 11.8 Å². The third kappa shape index (κ3) is 5.32. The fraction of sp³-hybridized carbons (Fsp3) is 0.333. The van der Waals surface area contributed by atoms with Crippen molar-refractivity contribution in [2.75, 3.05) is 44.6 Å². The van der Waals surface area contributed by atoms with Crippen LogP contribution in [0, 0.1) is 5.92 Å². The van der Waals surface area contributed by atoms with E-state index < -0.39 is 0 Å². The lowest BCUT2D eigenvalue weighted by Crippen LogP contribution is -2.52. The van der Waals surface area contributed by atoms with Crippen LogP contribution in [0.4, 0.5) is 5.69 Å². The van der Waals surface area contributed by atoms with E-state index in [1.165, 1.54) is 0 Å². The Morgan fingerprint density at radius 1 is 1.00 bits per heavy atom. The monoisotopic (exact) mass is 573 g/mol. The number of halogens is 1. The van der Waals surface area contributed by atoms with Gasteiger partial charge in [0.05, 0.1) is 22.5 Å². The van der Waals surface area contributed by atoms with Gasteiger partial charge in [0.2, 0.25) is 5.91 Å². The highest BCUT2D eigenvalue weighted by Gasteiger charge is 2.30. The number of aromatic amines is 1. The molecule has 41 heavy (non-hydrogen) atoms. The number of piperidine rings is 1. The van der Waals surface area contributed by atoms with Crippen molar-refractivity contribution in [3.63, 3.8) is 0 Å². The molecule has 2 aromatic heterocycles. The molecule has 2 saturated heterocycles. The van der Waals surface area contributed by atoms with E-state index in [1.807, 2.05) is 35.4 Å². The second kappa shape index (κ2) is 11.4. The van der Waals surface area contributed by atoms with Crippen LogP contribution in [0.1, 0.15) is 33.8 Å². The normalized spacial score (nSPS) is 16.2. The minimum absolute atomic E-state index is 0.0709. The number of piperazine rings is 1. The number of hydrogen-bond acceptors (Lipinski definition) is 5. The van der Waals surface area contributed by atoms with Crippen LogP contribution in [-0.4, -0.2) is 81.3 Å². The van der Waals surface area contributed by atoms with Crippen molar-refractivity contribution in [1.82, 2.24) is 29.7 Å². The molecule has 3 N–H and O–H groups in total. The summed E-state index contributed by atoms with van der Waals surface area (Å²) < 4.78 is 1.76. The summed E-state index contributed by atoms with van der Waals surface area (Å²) in [5.41, 5.74) is 3.62. The van der Waals surface area contributed by atoms with Crippen molar-refractivity contribution in [3.8, 4) is 11.3 Å². The Morgan fingerprint density at radius 3 is 2.51 bits per heavy atom. The number of hydrogen-bond donors (Lipinski definition) is 3. The molecule has 4 aromatic rings. The zero-order chi connectivity index (χ0) is 28.5. The number of nitrogens with one attached hydrogen (secondary N) is 3. The first-order chi connectivity index (χ1) is 19.9. The Labute approximate surface area is 242 Å². The van der Waals surface area contributed by atoms with Gasteiger partial charge in [-0.2, -0.15) is 0 Å². The van der Waals surface area contributed by atoms with Crippen molar-refractivity contribution in [3.05, 3.63) is 71.3 Å². The Hall–Kier alpha value is -4.15. The second-order valence-electron chi connectivity index (χ2n) is 10.6. The van der Waals surface area contributed by atoms with E-state index in [1.54, 1.807) is 40.9 Å². The number of nitrogens with zero attached hydrogens (tertiary/aromatic N) is 4. The van der Waals surface area contributed by atoms with Gasteiger partial charge in [0.25, 0.3) is 11.8 Å². The summed E-state index contributed by atoms with van der Waals surface area (Å²) in [4.78, 5) is 50.4. The Balaban J connectivity index is 1.10. The van der Waals surface area contributed by atoms with Crippen molar-refractivity contribution in [1.29, 1.82) is 0 Å². The first-order valence-electron chi connectivity index (χ1n) is 13.9. The molecule has 0 atom stereocenters. The van der Waals surface area contributed by atoms with E-state index in [0.29, 0.717) is 37.4 Å². The summed E-state index contributed by atoms with van der Waals surface area (Å²) in [7, 11) is 1.80. The van der Waals surface area contributed by atoms with Gasteiger partial charge >= 0.3 is 0 Å².